The zero-order chi connectivity index (χ0) is 25.7. The van der Waals surface area contributed by atoms with E-state index in [1.54, 1.807) is 6.08 Å². The van der Waals surface area contributed by atoms with E-state index in [0.29, 0.717) is 31.2 Å². The highest BCUT2D eigenvalue weighted by molar-refractivity contribution is 5.91. The Morgan fingerprint density at radius 1 is 1.25 bits per heavy atom. The Morgan fingerprint density at radius 3 is 2.75 bits per heavy atom. The molecule has 188 valence electrons. The number of ether oxygens (including phenoxy) is 1. The molecular weight excluding hydrogens is 454 g/mol. The van der Waals surface area contributed by atoms with Gasteiger partial charge in [0.1, 0.15) is 12.0 Å². The molecule has 4 rings (SSSR count). The van der Waals surface area contributed by atoms with Crippen molar-refractivity contribution >= 4 is 11.8 Å². The van der Waals surface area contributed by atoms with Gasteiger partial charge in [-0.15, -0.1) is 6.58 Å². The Hall–Kier alpha value is -3.87. The minimum Gasteiger partial charge on any atom is -0.484 e. The number of nitrogens with one attached hydrogen (secondary N) is 1. The first-order valence-electron chi connectivity index (χ1n) is 12.3. The standard InChI is InChI=1S/C29H33N3O4/c1-5-13-30-29(34)25-17-36-26(31-25)18-35-23-11-10-21-12-14-32(27(33)15-19(2)3)28(24(21)16-23)22-8-6-20(4)7-9-22/h5-11,16-17,19,28H,1,12-15,18H2,2-4H3,(H,30,34). The minimum absolute atomic E-state index is 0.0821. The van der Waals surface area contributed by atoms with Gasteiger partial charge in [0.2, 0.25) is 11.8 Å². The highest BCUT2D eigenvalue weighted by atomic mass is 16.5. The molecule has 1 atom stereocenters. The normalized spacial score (nSPS) is 14.9. The summed E-state index contributed by atoms with van der Waals surface area (Å²) in [4.78, 5) is 31.5. The Kier molecular flexibility index (Phi) is 7.88. The number of carbonyl (C=O) groups excluding carboxylic acids is 2. The van der Waals surface area contributed by atoms with Gasteiger partial charge in [0.05, 0.1) is 6.04 Å². The zero-order valence-corrected chi connectivity index (χ0v) is 21.1. The fraction of sp³-hybridized carbons (Fsp3) is 0.345. The van der Waals surface area contributed by atoms with Crippen LogP contribution >= 0.6 is 0 Å². The molecule has 2 heterocycles. The summed E-state index contributed by atoms with van der Waals surface area (Å²) in [5.74, 6) is 1.08. The summed E-state index contributed by atoms with van der Waals surface area (Å²) in [5.41, 5.74) is 4.73. The molecule has 1 aliphatic heterocycles. The second-order valence-corrected chi connectivity index (χ2v) is 9.52. The number of carbonyl (C=O) groups is 2. The number of oxazole rings is 1. The number of amides is 2. The number of hydrogen-bond acceptors (Lipinski definition) is 5. The first-order chi connectivity index (χ1) is 17.4. The van der Waals surface area contributed by atoms with E-state index in [1.165, 1.54) is 17.4 Å². The predicted molar refractivity (Wildman–Crippen MR) is 138 cm³/mol. The molecule has 1 N–H and O–H groups in total. The van der Waals surface area contributed by atoms with Crippen LogP contribution in [0.4, 0.5) is 0 Å². The molecule has 1 aliphatic rings. The van der Waals surface area contributed by atoms with E-state index in [-0.39, 0.29) is 36.1 Å². The fourth-order valence-corrected chi connectivity index (χ4v) is 4.41. The maximum atomic E-state index is 13.2. The zero-order valence-electron chi connectivity index (χ0n) is 21.1. The third-order valence-corrected chi connectivity index (χ3v) is 6.20. The van der Waals surface area contributed by atoms with Crippen LogP contribution in [-0.4, -0.2) is 34.8 Å². The van der Waals surface area contributed by atoms with Gasteiger partial charge in [0.25, 0.3) is 5.91 Å². The molecule has 2 aromatic carbocycles. The Labute approximate surface area is 212 Å². The van der Waals surface area contributed by atoms with Crippen LogP contribution in [0.5, 0.6) is 5.75 Å². The molecule has 1 unspecified atom stereocenters. The number of aryl methyl sites for hydroxylation is 1. The lowest BCUT2D eigenvalue weighted by Gasteiger charge is -2.38. The summed E-state index contributed by atoms with van der Waals surface area (Å²) >= 11 is 0. The van der Waals surface area contributed by atoms with Crippen molar-refractivity contribution in [2.45, 2.75) is 46.3 Å². The number of aromatic nitrogens is 1. The van der Waals surface area contributed by atoms with Crippen LogP contribution in [0.25, 0.3) is 0 Å². The first-order valence-corrected chi connectivity index (χ1v) is 12.3. The van der Waals surface area contributed by atoms with Crippen molar-refractivity contribution in [2.75, 3.05) is 13.1 Å². The van der Waals surface area contributed by atoms with E-state index in [2.05, 4.69) is 68.0 Å². The lowest BCUT2D eigenvalue weighted by atomic mass is 9.87. The van der Waals surface area contributed by atoms with Crippen LogP contribution in [0.2, 0.25) is 0 Å². The number of benzene rings is 2. The van der Waals surface area contributed by atoms with Crippen LogP contribution in [0.1, 0.15) is 64.9 Å². The maximum Gasteiger partial charge on any atom is 0.273 e. The van der Waals surface area contributed by atoms with Crippen molar-refractivity contribution in [1.82, 2.24) is 15.2 Å². The Bertz CT molecular complexity index is 1230. The van der Waals surface area contributed by atoms with E-state index >= 15 is 0 Å². The molecule has 1 aromatic heterocycles. The summed E-state index contributed by atoms with van der Waals surface area (Å²) in [6.07, 6.45) is 4.22. The Morgan fingerprint density at radius 2 is 2.03 bits per heavy atom. The minimum atomic E-state index is -0.328. The van der Waals surface area contributed by atoms with Crippen LogP contribution in [0, 0.1) is 12.8 Å². The fourth-order valence-electron chi connectivity index (χ4n) is 4.41. The van der Waals surface area contributed by atoms with Crippen molar-refractivity contribution in [3.05, 3.63) is 95.2 Å². The highest BCUT2D eigenvalue weighted by Crippen LogP contribution is 2.38. The number of rotatable bonds is 9. The van der Waals surface area contributed by atoms with E-state index in [9.17, 15) is 9.59 Å². The summed E-state index contributed by atoms with van der Waals surface area (Å²) < 4.78 is 11.4. The van der Waals surface area contributed by atoms with Gasteiger partial charge in [-0.2, -0.15) is 0 Å². The molecule has 0 spiro atoms. The average Bonchev–Trinajstić information content (AvgIpc) is 3.34. The molecular formula is C29H33N3O4. The molecule has 36 heavy (non-hydrogen) atoms. The molecule has 0 fully saturated rings. The molecule has 0 saturated heterocycles. The van der Waals surface area contributed by atoms with Crippen LogP contribution in [0.3, 0.4) is 0 Å². The summed E-state index contributed by atoms with van der Waals surface area (Å²) in [7, 11) is 0. The average molecular weight is 488 g/mol. The lowest BCUT2D eigenvalue weighted by molar-refractivity contribution is -0.134. The van der Waals surface area contributed by atoms with Crippen LogP contribution in [0.15, 0.2) is 65.8 Å². The van der Waals surface area contributed by atoms with E-state index in [4.69, 9.17) is 9.15 Å². The second-order valence-electron chi connectivity index (χ2n) is 9.52. The SMILES string of the molecule is C=CCNC(=O)c1coc(COc2ccc3c(c2)C(c2ccc(C)cc2)N(C(=O)CC(C)C)CC3)n1. The van der Waals surface area contributed by atoms with Gasteiger partial charge in [0, 0.05) is 19.5 Å². The van der Waals surface area contributed by atoms with Gasteiger partial charge in [-0.25, -0.2) is 4.98 Å². The second kappa shape index (κ2) is 11.2. The highest BCUT2D eigenvalue weighted by Gasteiger charge is 2.32. The van der Waals surface area contributed by atoms with Gasteiger partial charge in [-0.05, 0) is 48.1 Å². The van der Waals surface area contributed by atoms with E-state index in [0.717, 1.165) is 17.5 Å². The lowest BCUT2D eigenvalue weighted by Crippen LogP contribution is -2.41. The summed E-state index contributed by atoms with van der Waals surface area (Å²) in [6.45, 7) is 10.9. The topological polar surface area (TPSA) is 84.7 Å². The van der Waals surface area contributed by atoms with Crippen LogP contribution < -0.4 is 10.1 Å². The van der Waals surface area contributed by atoms with Gasteiger partial charge in [0.15, 0.2) is 12.3 Å². The maximum absolute atomic E-state index is 13.2. The van der Waals surface area contributed by atoms with E-state index in [1.807, 2.05) is 17.0 Å². The summed E-state index contributed by atoms with van der Waals surface area (Å²) in [6, 6.07) is 14.2. The predicted octanol–water partition coefficient (Wildman–Crippen LogP) is 5.00. The molecule has 3 aromatic rings. The van der Waals surface area contributed by atoms with Gasteiger partial charge < -0.3 is 19.4 Å². The quantitative estimate of drug-likeness (QED) is 0.430. The largest absolute Gasteiger partial charge is 0.484 e. The first kappa shape index (κ1) is 25.2. The molecule has 7 heteroatoms. The smallest absolute Gasteiger partial charge is 0.273 e. The third-order valence-electron chi connectivity index (χ3n) is 6.20. The number of fused-ring (bicyclic) bond motifs is 1. The number of hydrogen-bond donors (Lipinski definition) is 1. The van der Waals surface area contributed by atoms with Crippen molar-refractivity contribution in [3.63, 3.8) is 0 Å². The van der Waals surface area contributed by atoms with Crippen molar-refractivity contribution in [1.29, 1.82) is 0 Å². The Balaban J connectivity index is 1.57. The molecule has 0 bridgehead atoms. The molecule has 0 saturated carbocycles. The number of nitrogens with zero attached hydrogens (tertiary/aromatic N) is 2. The monoisotopic (exact) mass is 487 g/mol. The molecule has 7 nitrogen and oxygen atoms in total. The molecule has 2 amide bonds. The molecule has 0 aliphatic carbocycles. The van der Waals surface area contributed by atoms with Gasteiger partial charge in [-0.3, -0.25) is 9.59 Å². The van der Waals surface area contributed by atoms with Crippen molar-refractivity contribution in [2.24, 2.45) is 5.92 Å². The van der Waals surface area contributed by atoms with E-state index < -0.39 is 0 Å². The molecule has 0 radical (unpaired) electrons. The third kappa shape index (κ3) is 5.85. The van der Waals surface area contributed by atoms with Crippen molar-refractivity contribution < 1.29 is 18.7 Å². The van der Waals surface area contributed by atoms with Gasteiger partial charge in [-0.1, -0.05) is 55.8 Å². The van der Waals surface area contributed by atoms with Crippen LogP contribution in [-0.2, 0) is 17.8 Å². The summed E-state index contributed by atoms with van der Waals surface area (Å²) in [5, 5.41) is 2.67. The van der Waals surface area contributed by atoms with Gasteiger partial charge >= 0.3 is 0 Å². The van der Waals surface area contributed by atoms with Crippen molar-refractivity contribution in [3.8, 4) is 5.75 Å².